The molecule has 0 fully saturated rings. The van der Waals surface area contributed by atoms with Gasteiger partial charge in [0.25, 0.3) is 0 Å². The Bertz CT molecular complexity index is 943. The molecule has 6 nitrogen and oxygen atoms in total. The maximum Gasteiger partial charge on any atom is 0.408 e. The number of thiazole rings is 1. The van der Waals surface area contributed by atoms with E-state index in [1.165, 1.54) is 17.6 Å². The summed E-state index contributed by atoms with van der Waals surface area (Å²) in [6.45, 7) is 9.22. The molecule has 0 aliphatic rings. The van der Waals surface area contributed by atoms with Crippen LogP contribution in [0.4, 0.5) is 4.79 Å². The summed E-state index contributed by atoms with van der Waals surface area (Å²) in [5.74, 6) is 0.451. The number of oxazole rings is 1. The van der Waals surface area contributed by atoms with Crippen molar-refractivity contribution in [1.82, 2.24) is 15.3 Å². The number of ether oxygens (including phenoxy) is 1. The number of alkyl carbamates (subject to hydrolysis) is 1. The van der Waals surface area contributed by atoms with Gasteiger partial charge in [0, 0.05) is 5.02 Å². The van der Waals surface area contributed by atoms with Crippen molar-refractivity contribution in [2.45, 2.75) is 45.8 Å². The second kappa shape index (κ2) is 6.55. The fraction of sp³-hybridized carbons (Fsp3) is 0.389. The molecule has 3 aromatic rings. The van der Waals surface area contributed by atoms with E-state index in [0.717, 1.165) is 15.2 Å². The summed E-state index contributed by atoms with van der Waals surface area (Å²) in [5, 5.41) is 4.17. The molecule has 2 aromatic heterocycles. The van der Waals surface area contributed by atoms with Gasteiger partial charge in [-0.15, -0.1) is 11.3 Å². The minimum Gasteiger partial charge on any atom is -0.444 e. The third-order valence-electron chi connectivity index (χ3n) is 3.47. The van der Waals surface area contributed by atoms with Gasteiger partial charge in [0.1, 0.15) is 16.9 Å². The van der Waals surface area contributed by atoms with Crippen molar-refractivity contribution in [1.29, 1.82) is 0 Å². The number of fused-ring (bicyclic) bond motifs is 1. The zero-order valence-electron chi connectivity index (χ0n) is 15.2. The largest absolute Gasteiger partial charge is 0.444 e. The van der Waals surface area contributed by atoms with Gasteiger partial charge in [-0.1, -0.05) is 11.6 Å². The summed E-state index contributed by atoms with van der Waals surface area (Å²) in [6, 6.07) is 3.61. The van der Waals surface area contributed by atoms with E-state index in [2.05, 4.69) is 10.3 Å². The number of nitrogens with one attached hydrogen (secondary N) is 1. The van der Waals surface area contributed by atoms with Gasteiger partial charge < -0.3 is 14.5 Å². The summed E-state index contributed by atoms with van der Waals surface area (Å²) in [4.78, 5) is 21.1. The van der Waals surface area contributed by atoms with E-state index in [0.29, 0.717) is 16.5 Å². The quantitative estimate of drug-likeness (QED) is 0.647. The summed E-state index contributed by atoms with van der Waals surface area (Å²) >= 11 is 7.70. The van der Waals surface area contributed by atoms with E-state index in [4.69, 9.17) is 25.7 Å². The standard InChI is InChI=1S/C18H20ClN3O3S/c1-17(2,3)25-16(23)22-18(4,5)15-21-13-11(14-20-6-7-24-14)8-10(19)9-12(13)26-15/h6-9H,1-5H3,(H,22,23). The lowest BCUT2D eigenvalue weighted by atomic mass is 10.1. The highest BCUT2D eigenvalue weighted by Gasteiger charge is 2.30. The second-order valence-corrected chi connectivity index (χ2v) is 8.88. The van der Waals surface area contributed by atoms with E-state index in [1.807, 2.05) is 40.7 Å². The van der Waals surface area contributed by atoms with Crippen molar-refractivity contribution in [3.8, 4) is 11.5 Å². The van der Waals surface area contributed by atoms with Gasteiger partial charge >= 0.3 is 6.09 Å². The zero-order valence-corrected chi connectivity index (χ0v) is 16.8. The molecule has 0 unspecified atom stereocenters. The Morgan fingerprint density at radius 2 is 2.00 bits per heavy atom. The van der Waals surface area contributed by atoms with Crippen LogP contribution < -0.4 is 5.32 Å². The number of carbonyl (C=O) groups is 1. The number of aromatic nitrogens is 2. The van der Waals surface area contributed by atoms with Crippen LogP contribution in [0.15, 0.2) is 29.0 Å². The lowest BCUT2D eigenvalue weighted by Crippen LogP contribution is -2.43. The first-order chi connectivity index (χ1) is 12.0. The number of amides is 1. The second-order valence-electron chi connectivity index (χ2n) is 7.41. The molecular formula is C18H20ClN3O3S. The number of rotatable bonds is 3. The minimum atomic E-state index is -0.716. The van der Waals surface area contributed by atoms with Crippen LogP contribution in [0.25, 0.3) is 21.7 Å². The third kappa shape index (κ3) is 3.99. The monoisotopic (exact) mass is 393 g/mol. The lowest BCUT2D eigenvalue weighted by Gasteiger charge is -2.27. The predicted octanol–water partition coefficient (Wildman–Crippen LogP) is 5.36. The Kier molecular flexibility index (Phi) is 4.71. The average Bonchev–Trinajstić information content (AvgIpc) is 3.12. The van der Waals surface area contributed by atoms with Crippen molar-refractivity contribution in [3.63, 3.8) is 0 Å². The van der Waals surface area contributed by atoms with Crippen LogP contribution in [0.5, 0.6) is 0 Å². The molecule has 26 heavy (non-hydrogen) atoms. The number of benzene rings is 1. The van der Waals surface area contributed by atoms with Gasteiger partial charge in [-0.3, -0.25) is 0 Å². The van der Waals surface area contributed by atoms with Crippen molar-refractivity contribution in [3.05, 3.63) is 34.6 Å². The van der Waals surface area contributed by atoms with Crippen molar-refractivity contribution >= 4 is 39.2 Å². The van der Waals surface area contributed by atoms with Crippen LogP contribution in [0.2, 0.25) is 5.02 Å². The van der Waals surface area contributed by atoms with Crippen LogP contribution in [-0.2, 0) is 10.3 Å². The summed E-state index contributed by atoms with van der Waals surface area (Å²) in [7, 11) is 0. The van der Waals surface area contributed by atoms with Crippen LogP contribution in [-0.4, -0.2) is 21.7 Å². The van der Waals surface area contributed by atoms with E-state index < -0.39 is 17.2 Å². The van der Waals surface area contributed by atoms with E-state index >= 15 is 0 Å². The first-order valence-corrected chi connectivity index (χ1v) is 9.26. The number of carbonyl (C=O) groups excluding carboxylic acids is 1. The Hall–Kier alpha value is -2.12. The van der Waals surface area contributed by atoms with E-state index in [9.17, 15) is 4.79 Å². The molecule has 0 spiro atoms. The fourth-order valence-electron chi connectivity index (χ4n) is 2.39. The van der Waals surface area contributed by atoms with Gasteiger partial charge in [-0.2, -0.15) is 0 Å². The molecule has 2 heterocycles. The van der Waals surface area contributed by atoms with Crippen molar-refractivity contribution in [2.75, 3.05) is 0 Å². The van der Waals surface area contributed by atoms with Crippen LogP contribution >= 0.6 is 22.9 Å². The summed E-state index contributed by atoms with van der Waals surface area (Å²) < 4.78 is 11.6. The van der Waals surface area contributed by atoms with Crippen molar-refractivity contribution in [2.24, 2.45) is 0 Å². The molecule has 8 heteroatoms. The van der Waals surface area contributed by atoms with E-state index in [1.54, 1.807) is 12.3 Å². The van der Waals surface area contributed by atoms with Crippen molar-refractivity contribution < 1.29 is 13.9 Å². The van der Waals surface area contributed by atoms with Crippen LogP contribution in [0.3, 0.4) is 0 Å². The summed E-state index contributed by atoms with van der Waals surface area (Å²) in [6.07, 6.45) is 2.58. The number of nitrogens with zero attached hydrogens (tertiary/aromatic N) is 2. The van der Waals surface area contributed by atoms with Gasteiger partial charge in [0.05, 0.1) is 27.5 Å². The summed E-state index contributed by atoms with van der Waals surface area (Å²) in [5.41, 5.74) is 0.162. The molecule has 138 valence electrons. The Labute approximate surface area is 160 Å². The molecule has 0 saturated carbocycles. The third-order valence-corrected chi connectivity index (χ3v) is 5.01. The Morgan fingerprint density at radius 1 is 1.27 bits per heavy atom. The van der Waals surface area contributed by atoms with Gasteiger partial charge in [0.2, 0.25) is 5.89 Å². The molecule has 0 atom stereocenters. The molecule has 0 aliphatic carbocycles. The highest BCUT2D eigenvalue weighted by Crippen LogP contribution is 2.37. The SMILES string of the molecule is CC(C)(C)OC(=O)NC(C)(C)c1nc2c(-c3ncco3)cc(Cl)cc2s1. The molecule has 1 amide bonds. The van der Waals surface area contributed by atoms with Crippen LogP contribution in [0.1, 0.15) is 39.6 Å². The maximum atomic E-state index is 12.2. The fourth-order valence-corrected chi connectivity index (χ4v) is 3.77. The van der Waals surface area contributed by atoms with Gasteiger partial charge in [-0.05, 0) is 46.8 Å². The number of hydrogen-bond acceptors (Lipinski definition) is 6. The smallest absolute Gasteiger partial charge is 0.408 e. The molecule has 1 N–H and O–H groups in total. The van der Waals surface area contributed by atoms with E-state index in [-0.39, 0.29) is 0 Å². The highest BCUT2D eigenvalue weighted by molar-refractivity contribution is 7.18. The molecule has 0 radical (unpaired) electrons. The molecule has 0 saturated heterocycles. The molecular weight excluding hydrogens is 374 g/mol. The lowest BCUT2D eigenvalue weighted by molar-refractivity contribution is 0.0470. The Morgan fingerprint density at radius 3 is 2.62 bits per heavy atom. The van der Waals surface area contributed by atoms with Gasteiger partial charge in [-0.25, -0.2) is 14.8 Å². The molecule has 3 rings (SSSR count). The predicted molar refractivity (Wildman–Crippen MR) is 103 cm³/mol. The number of hydrogen-bond donors (Lipinski definition) is 1. The minimum absolute atomic E-state index is 0.451. The first kappa shape index (κ1) is 18.7. The molecule has 1 aromatic carbocycles. The normalized spacial score (nSPS) is 12.4. The highest BCUT2D eigenvalue weighted by atomic mass is 35.5. The maximum absolute atomic E-state index is 12.2. The molecule has 0 bridgehead atoms. The first-order valence-electron chi connectivity index (χ1n) is 8.07. The number of halogens is 1. The Balaban J connectivity index is 1.98. The van der Waals surface area contributed by atoms with Crippen LogP contribution in [0, 0.1) is 0 Å². The average molecular weight is 394 g/mol. The van der Waals surface area contributed by atoms with Gasteiger partial charge in [0.15, 0.2) is 0 Å². The molecule has 0 aliphatic heterocycles. The zero-order chi connectivity index (χ0) is 19.1. The topological polar surface area (TPSA) is 77.2 Å².